The fourth-order valence-corrected chi connectivity index (χ4v) is 2.02. The third kappa shape index (κ3) is 2.51. The Bertz CT molecular complexity index is 621. The van der Waals surface area contributed by atoms with Crippen LogP contribution in [0.4, 0.5) is 5.82 Å². The predicted octanol–water partition coefficient (Wildman–Crippen LogP) is 2.12. The smallest absolute Gasteiger partial charge is 0.159 e. The maximum absolute atomic E-state index is 5.50. The number of anilines is 1. The summed E-state index contributed by atoms with van der Waals surface area (Å²) in [5.74, 6) is 8.22. The fourth-order valence-electron chi connectivity index (χ4n) is 2.02. The molecule has 2 aromatic rings. The second-order valence-electron chi connectivity index (χ2n) is 6.29. The number of aromatic nitrogens is 4. The molecule has 1 saturated carbocycles. The van der Waals surface area contributed by atoms with E-state index in [2.05, 4.69) is 47.3 Å². The van der Waals surface area contributed by atoms with Crippen LogP contribution in [0.5, 0.6) is 0 Å². The first-order chi connectivity index (χ1) is 9.47. The van der Waals surface area contributed by atoms with Gasteiger partial charge in [-0.15, -0.1) is 0 Å². The molecule has 0 bridgehead atoms. The molecule has 0 atom stereocenters. The Kier molecular flexibility index (Phi) is 2.97. The summed E-state index contributed by atoms with van der Waals surface area (Å²) in [7, 11) is 0. The minimum Gasteiger partial charge on any atom is -0.308 e. The van der Waals surface area contributed by atoms with Crippen LogP contribution in [0.2, 0.25) is 0 Å². The van der Waals surface area contributed by atoms with Crippen LogP contribution in [0.1, 0.15) is 51.0 Å². The summed E-state index contributed by atoms with van der Waals surface area (Å²) in [6, 6.07) is 3.87. The minimum absolute atomic E-state index is 0.145. The average molecular weight is 272 g/mol. The van der Waals surface area contributed by atoms with Crippen molar-refractivity contribution in [2.24, 2.45) is 5.84 Å². The van der Waals surface area contributed by atoms with Gasteiger partial charge in [-0.05, 0) is 18.9 Å². The van der Waals surface area contributed by atoms with Gasteiger partial charge in [-0.3, -0.25) is 0 Å². The molecule has 0 aromatic carbocycles. The van der Waals surface area contributed by atoms with Crippen molar-refractivity contribution in [2.75, 3.05) is 5.43 Å². The van der Waals surface area contributed by atoms with E-state index in [1.54, 1.807) is 10.7 Å². The van der Waals surface area contributed by atoms with Crippen molar-refractivity contribution in [3.63, 3.8) is 0 Å². The zero-order chi connectivity index (χ0) is 14.3. The number of hydrazine groups is 1. The molecular formula is C14H20N6. The van der Waals surface area contributed by atoms with Crippen LogP contribution in [-0.2, 0) is 5.41 Å². The summed E-state index contributed by atoms with van der Waals surface area (Å²) in [6.07, 6.45) is 4.43. The molecule has 20 heavy (non-hydrogen) atoms. The van der Waals surface area contributed by atoms with E-state index in [0.717, 1.165) is 17.3 Å². The van der Waals surface area contributed by atoms with Gasteiger partial charge in [0.15, 0.2) is 5.82 Å². The zero-order valence-corrected chi connectivity index (χ0v) is 12.1. The lowest BCUT2D eigenvalue weighted by atomic mass is 9.96. The van der Waals surface area contributed by atoms with E-state index in [-0.39, 0.29) is 5.41 Å². The third-order valence-electron chi connectivity index (χ3n) is 3.37. The van der Waals surface area contributed by atoms with Crippen molar-refractivity contribution in [1.29, 1.82) is 0 Å². The monoisotopic (exact) mass is 272 g/mol. The second kappa shape index (κ2) is 4.56. The van der Waals surface area contributed by atoms with Crippen LogP contribution >= 0.6 is 0 Å². The number of hydrogen-bond donors (Lipinski definition) is 2. The first kappa shape index (κ1) is 13.1. The Hall–Kier alpha value is -1.95. The van der Waals surface area contributed by atoms with E-state index < -0.39 is 0 Å². The lowest BCUT2D eigenvalue weighted by molar-refractivity contribution is 0.542. The Morgan fingerprint density at radius 3 is 2.65 bits per heavy atom. The van der Waals surface area contributed by atoms with E-state index in [0.29, 0.717) is 11.7 Å². The third-order valence-corrected chi connectivity index (χ3v) is 3.37. The molecule has 0 spiro atoms. The largest absolute Gasteiger partial charge is 0.308 e. The molecular weight excluding hydrogens is 252 g/mol. The van der Waals surface area contributed by atoms with Crippen LogP contribution < -0.4 is 11.3 Å². The number of hydrogen-bond acceptors (Lipinski definition) is 5. The Morgan fingerprint density at radius 1 is 1.30 bits per heavy atom. The molecule has 106 valence electrons. The molecule has 0 aliphatic heterocycles. The summed E-state index contributed by atoms with van der Waals surface area (Å²) in [5.41, 5.74) is 3.60. The predicted molar refractivity (Wildman–Crippen MR) is 77.6 cm³/mol. The van der Waals surface area contributed by atoms with Gasteiger partial charge in [0, 0.05) is 23.6 Å². The van der Waals surface area contributed by atoms with Crippen LogP contribution in [0.15, 0.2) is 18.3 Å². The van der Waals surface area contributed by atoms with Crippen molar-refractivity contribution in [3.05, 3.63) is 29.8 Å². The molecule has 1 aliphatic carbocycles. The topological polar surface area (TPSA) is 81.6 Å². The minimum atomic E-state index is -0.145. The summed E-state index contributed by atoms with van der Waals surface area (Å²) < 4.78 is 1.80. The number of nitrogens with zero attached hydrogens (tertiary/aromatic N) is 4. The highest BCUT2D eigenvalue weighted by Gasteiger charge is 2.26. The van der Waals surface area contributed by atoms with Gasteiger partial charge in [0.2, 0.25) is 0 Å². The summed E-state index contributed by atoms with van der Waals surface area (Å²) >= 11 is 0. The van der Waals surface area contributed by atoms with Crippen molar-refractivity contribution in [2.45, 2.75) is 44.9 Å². The van der Waals surface area contributed by atoms with Crippen LogP contribution in [0.3, 0.4) is 0 Å². The molecule has 1 aliphatic rings. The Morgan fingerprint density at radius 2 is 2.05 bits per heavy atom. The van der Waals surface area contributed by atoms with Gasteiger partial charge in [0.25, 0.3) is 0 Å². The van der Waals surface area contributed by atoms with Gasteiger partial charge in [0.1, 0.15) is 11.6 Å². The molecule has 2 aromatic heterocycles. The molecule has 0 saturated heterocycles. The zero-order valence-electron chi connectivity index (χ0n) is 12.1. The summed E-state index contributed by atoms with van der Waals surface area (Å²) in [4.78, 5) is 9.02. The number of nitrogens with two attached hydrogens (primary N) is 1. The summed E-state index contributed by atoms with van der Waals surface area (Å²) in [6.45, 7) is 6.22. The number of nitrogen functional groups attached to an aromatic ring is 1. The van der Waals surface area contributed by atoms with Crippen LogP contribution in [-0.4, -0.2) is 19.7 Å². The van der Waals surface area contributed by atoms with E-state index in [4.69, 9.17) is 5.84 Å². The van der Waals surface area contributed by atoms with Gasteiger partial charge in [-0.25, -0.2) is 20.5 Å². The van der Waals surface area contributed by atoms with E-state index >= 15 is 0 Å². The normalized spacial score (nSPS) is 15.4. The Labute approximate surface area is 118 Å². The van der Waals surface area contributed by atoms with Crippen molar-refractivity contribution in [3.8, 4) is 5.82 Å². The molecule has 3 rings (SSSR count). The maximum Gasteiger partial charge on any atom is 0.159 e. The van der Waals surface area contributed by atoms with Gasteiger partial charge in [0.05, 0.1) is 5.69 Å². The molecule has 3 N–H and O–H groups in total. The molecule has 0 radical (unpaired) electrons. The van der Waals surface area contributed by atoms with Gasteiger partial charge < -0.3 is 5.43 Å². The SMILES string of the molecule is CC(C)(C)c1nc(NN)cc(-n2ccc(C3CC3)n2)n1. The highest BCUT2D eigenvalue weighted by atomic mass is 15.3. The Balaban J connectivity index is 2.02. The second-order valence-corrected chi connectivity index (χ2v) is 6.29. The molecule has 0 unspecified atom stereocenters. The van der Waals surface area contributed by atoms with Gasteiger partial charge in [-0.1, -0.05) is 20.8 Å². The van der Waals surface area contributed by atoms with E-state index in [1.807, 2.05) is 6.20 Å². The van der Waals surface area contributed by atoms with Crippen molar-refractivity contribution in [1.82, 2.24) is 19.7 Å². The highest BCUT2D eigenvalue weighted by Crippen LogP contribution is 2.39. The molecule has 0 amide bonds. The van der Waals surface area contributed by atoms with Crippen molar-refractivity contribution < 1.29 is 0 Å². The quantitative estimate of drug-likeness (QED) is 0.660. The summed E-state index contributed by atoms with van der Waals surface area (Å²) in [5, 5.41) is 4.60. The van der Waals surface area contributed by atoms with Gasteiger partial charge >= 0.3 is 0 Å². The lowest BCUT2D eigenvalue weighted by Crippen LogP contribution is -2.20. The maximum atomic E-state index is 5.50. The number of rotatable bonds is 3. The first-order valence-corrected chi connectivity index (χ1v) is 6.89. The number of nitrogens with one attached hydrogen (secondary N) is 1. The average Bonchev–Trinajstić information content (AvgIpc) is 3.15. The standard InChI is InChI=1S/C14H20N6/c1-14(2,3)13-16-11(18-15)8-12(17-13)20-7-6-10(19-20)9-4-5-9/h6-9H,4-5,15H2,1-3H3,(H,16,17,18). The molecule has 2 heterocycles. The van der Waals surface area contributed by atoms with E-state index in [1.165, 1.54) is 12.8 Å². The molecule has 6 heteroatoms. The van der Waals surface area contributed by atoms with Crippen LogP contribution in [0.25, 0.3) is 5.82 Å². The lowest BCUT2D eigenvalue weighted by Gasteiger charge is -2.18. The van der Waals surface area contributed by atoms with Crippen molar-refractivity contribution >= 4 is 5.82 Å². The van der Waals surface area contributed by atoms with E-state index in [9.17, 15) is 0 Å². The van der Waals surface area contributed by atoms with Gasteiger partial charge in [-0.2, -0.15) is 5.10 Å². The molecule has 6 nitrogen and oxygen atoms in total. The highest BCUT2D eigenvalue weighted by molar-refractivity contribution is 5.41. The first-order valence-electron chi connectivity index (χ1n) is 6.89. The fraction of sp³-hybridized carbons (Fsp3) is 0.500. The molecule has 1 fully saturated rings. The van der Waals surface area contributed by atoms with Crippen LogP contribution in [0, 0.1) is 0 Å².